The molecule has 0 aliphatic rings. The van der Waals surface area contributed by atoms with E-state index in [0.717, 1.165) is 0 Å². The molecule has 158 valence electrons. The van der Waals surface area contributed by atoms with Gasteiger partial charge < -0.3 is 24.8 Å². The molecule has 0 aliphatic carbocycles. The predicted octanol–water partition coefficient (Wildman–Crippen LogP) is 0.980. The van der Waals surface area contributed by atoms with Gasteiger partial charge in [-0.25, -0.2) is 14.4 Å². The van der Waals surface area contributed by atoms with Crippen LogP contribution in [0.5, 0.6) is 0 Å². The summed E-state index contributed by atoms with van der Waals surface area (Å²) in [5, 5.41) is 28.1. The monoisotopic (exact) mass is 408 g/mol. The number of ether oxygens (including phenoxy) is 2. The Bertz CT molecular complexity index is 769. The number of esters is 2. The molecule has 9 heteroatoms. The molecule has 1 aromatic carbocycles. The maximum Gasteiger partial charge on any atom is 0.339 e. The van der Waals surface area contributed by atoms with Gasteiger partial charge >= 0.3 is 17.9 Å². The fourth-order valence-corrected chi connectivity index (χ4v) is 2.46. The second-order valence-corrected chi connectivity index (χ2v) is 6.22. The van der Waals surface area contributed by atoms with E-state index in [2.05, 4.69) is 6.58 Å². The first-order valence-electron chi connectivity index (χ1n) is 8.85. The summed E-state index contributed by atoms with van der Waals surface area (Å²) in [6, 6.07) is 5.58. The van der Waals surface area contributed by atoms with Crippen LogP contribution in [0.1, 0.15) is 40.5 Å². The maximum atomic E-state index is 12.0. The van der Waals surface area contributed by atoms with E-state index < -0.39 is 42.3 Å². The minimum absolute atomic E-state index is 0.0958. The molecule has 0 spiro atoms. The Morgan fingerprint density at radius 3 is 2.21 bits per heavy atom. The van der Waals surface area contributed by atoms with Crippen molar-refractivity contribution >= 4 is 23.7 Å². The zero-order chi connectivity index (χ0) is 22.0. The zero-order valence-corrected chi connectivity index (χ0v) is 16.0. The number of ketones is 1. The third-order valence-corrected chi connectivity index (χ3v) is 3.96. The van der Waals surface area contributed by atoms with Crippen molar-refractivity contribution in [3.8, 4) is 0 Å². The zero-order valence-electron chi connectivity index (χ0n) is 16.0. The van der Waals surface area contributed by atoms with Gasteiger partial charge in [-0.3, -0.25) is 4.79 Å². The molecule has 0 fully saturated rings. The molecule has 9 nitrogen and oxygen atoms in total. The van der Waals surface area contributed by atoms with Crippen molar-refractivity contribution in [3.63, 3.8) is 0 Å². The van der Waals surface area contributed by atoms with Crippen LogP contribution >= 0.6 is 0 Å². The van der Waals surface area contributed by atoms with Crippen molar-refractivity contribution in [1.82, 2.24) is 0 Å². The van der Waals surface area contributed by atoms with Crippen molar-refractivity contribution in [2.24, 2.45) is 5.92 Å². The van der Waals surface area contributed by atoms with Gasteiger partial charge in [0.1, 0.15) is 0 Å². The van der Waals surface area contributed by atoms with Crippen LogP contribution in [0, 0.1) is 5.92 Å². The number of hydrogen-bond donors (Lipinski definition) is 3. The molecule has 0 saturated carbocycles. The van der Waals surface area contributed by atoms with Crippen molar-refractivity contribution < 1.29 is 44.0 Å². The largest absolute Gasteiger partial charge is 0.478 e. The average Bonchev–Trinajstić information content (AvgIpc) is 2.70. The molecule has 0 saturated heterocycles. The molecule has 1 aromatic rings. The summed E-state index contributed by atoms with van der Waals surface area (Å²) in [5.41, 5.74) is -0.148. The number of allylic oxidation sites excluding steroid dienone is 1. The van der Waals surface area contributed by atoms with Gasteiger partial charge in [0.2, 0.25) is 0 Å². The number of carbonyl (C=O) groups excluding carboxylic acids is 3. The van der Waals surface area contributed by atoms with E-state index in [1.54, 1.807) is 0 Å². The lowest BCUT2D eigenvalue weighted by molar-refractivity contribution is -0.159. The first-order chi connectivity index (χ1) is 13.7. The van der Waals surface area contributed by atoms with Gasteiger partial charge in [-0.2, -0.15) is 0 Å². The van der Waals surface area contributed by atoms with Gasteiger partial charge in [0.05, 0.1) is 30.3 Å². The second kappa shape index (κ2) is 11.7. The molecule has 0 heterocycles. The summed E-state index contributed by atoms with van der Waals surface area (Å²) < 4.78 is 9.83. The van der Waals surface area contributed by atoms with E-state index >= 15 is 0 Å². The summed E-state index contributed by atoms with van der Waals surface area (Å²) in [6.07, 6.45) is -1.78. The van der Waals surface area contributed by atoms with E-state index in [1.165, 1.54) is 31.2 Å². The lowest BCUT2D eigenvalue weighted by atomic mass is 9.91. The van der Waals surface area contributed by atoms with Gasteiger partial charge in [-0.1, -0.05) is 18.7 Å². The highest BCUT2D eigenvalue weighted by Gasteiger charge is 2.32. The fourth-order valence-electron chi connectivity index (χ4n) is 2.46. The van der Waals surface area contributed by atoms with Gasteiger partial charge in [0.15, 0.2) is 11.9 Å². The molecule has 0 radical (unpaired) electrons. The summed E-state index contributed by atoms with van der Waals surface area (Å²) in [6.45, 7) is 4.15. The van der Waals surface area contributed by atoms with Crippen molar-refractivity contribution in [3.05, 3.63) is 47.5 Å². The Labute approximate surface area is 167 Å². The lowest BCUT2D eigenvalue weighted by Gasteiger charge is -2.20. The Kier molecular flexibility index (Phi) is 9.70. The molecule has 3 N–H and O–H groups in total. The van der Waals surface area contributed by atoms with Gasteiger partial charge in [0.25, 0.3) is 0 Å². The molecule has 0 bridgehead atoms. The highest BCUT2D eigenvalue weighted by atomic mass is 16.6. The van der Waals surface area contributed by atoms with Gasteiger partial charge in [-0.05, 0) is 31.1 Å². The standard InChI is InChI=1S/C20H24O9/c1-12(2)16(22)15(8-9-21)17(23)20(27)29-11-5-10-28-19(26)14-7-4-3-6-13(14)18(24)25/h3-4,6-7,15,17,21,23H,1,5,8-11H2,2H3,(H,24,25). The topological polar surface area (TPSA) is 147 Å². The van der Waals surface area contributed by atoms with E-state index in [0.29, 0.717) is 0 Å². The Balaban J connectivity index is 2.48. The third-order valence-electron chi connectivity index (χ3n) is 3.96. The highest BCUT2D eigenvalue weighted by molar-refractivity contribution is 6.02. The molecule has 2 atom stereocenters. The van der Waals surface area contributed by atoms with Crippen molar-refractivity contribution in [2.75, 3.05) is 19.8 Å². The van der Waals surface area contributed by atoms with E-state index in [-0.39, 0.29) is 42.8 Å². The number of aromatic carboxylic acids is 1. The van der Waals surface area contributed by atoms with Gasteiger partial charge in [-0.15, -0.1) is 0 Å². The maximum absolute atomic E-state index is 12.0. The summed E-state index contributed by atoms with van der Waals surface area (Å²) in [5.74, 6) is -4.84. The molecule has 1 rings (SSSR count). The molecule has 0 aromatic heterocycles. The molecule has 29 heavy (non-hydrogen) atoms. The quantitative estimate of drug-likeness (QED) is 0.261. The molecule has 0 amide bonds. The minimum Gasteiger partial charge on any atom is -0.478 e. The number of benzene rings is 1. The van der Waals surface area contributed by atoms with Crippen LogP contribution in [0.4, 0.5) is 0 Å². The average molecular weight is 408 g/mol. The number of carboxylic acids is 1. The highest BCUT2D eigenvalue weighted by Crippen LogP contribution is 2.16. The normalized spacial score (nSPS) is 12.5. The first-order valence-corrected chi connectivity index (χ1v) is 8.85. The fraction of sp³-hybridized carbons (Fsp3) is 0.400. The number of carboxylic acid groups (broad SMARTS) is 1. The van der Waals surface area contributed by atoms with Crippen LogP contribution in [0.3, 0.4) is 0 Å². The number of Topliss-reactive ketones (excluding diaryl/α,β-unsaturated/α-hetero) is 1. The molecular weight excluding hydrogens is 384 g/mol. The predicted molar refractivity (Wildman–Crippen MR) is 100 cm³/mol. The first kappa shape index (κ1) is 24.0. The van der Waals surface area contributed by atoms with Crippen LogP contribution in [-0.2, 0) is 19.1 Å². The Morgan fingerprint density at radius 1 is 1.07 bits per heavy atom. The Hall–Kier alpha value is -3.04. The second-order valence-electron chi connectivity index (χ2n) is 6.22. The molecule has 0 aliphatic heterocycles. The van der Waals surface area contributed by atoms with Crippen LogP contribution < -0.4 is 0 Å². The van der Waals surface area contributed by atoms with Crippen LogP contribution in [0.2, 0.25) is 0 Å². The lowest BCUT2D eigenvalue weighted by Crippen LogP contribution is -2.37. The smallest absolute Gasteiger partial charge is 0.339 e. The molecular formula is C20H24O9. The van der Waals surface area contributed by atoms with Gasteiger partial charge in [0, 0.05) is 13.0 Å². The summed E-state index contributed by atoms with van der Waals surface area (Å²) >= 11 is 0. The van der Waals surface area contributed by atoms with E-state index in [4.69, 9.17) is 19.7 Å². The summed E-state index contributed by atoms with van der Waals surface area (Å²) in [7, 11) is 0. The third kappa shape index (κ3) is 7.13. The molecule has 2 unspecified atom stereocenters. The number of aliphatic hydroxyl groups excluding tert-OH is 2. The van der Waals surface area contributed by atoms with Crippen molar-refractivity contribution in [2.45, 2.75) is 25.9 Å². The Morgan fingerprint density at radius 2 is 1.66 bits per heavy atom. The van der Waals surface area contributed by atoms with Crippen LogP contribution in [-0.4, -0.2) is 64.9 Å². The number of aliphatic hydroxyl groups is 2. The number of rotatable bonds is 12. The summed E-state index contributed by atoms with van der Waals surface area (Å²) in [4.78, 5) is 46.9. The minimum atomic E-state index is -1.75. The van der Waals surface area contributed by atoms with E-state index in [1.807, 2.05) is 0 Å². The van der Waals surface area contributed by atoms with Crippen LogP contribution in [0.15, 0.2) is 36.4 Å². The van der Waals surface area contributed by atoms with Crippen LogP contribution in [0.25, 0.3) is 0 Å². The van der Waals surface area contributed by atoms with Crippen molar-refractivity contribution in [1.29, 1.82) is 0 Å². The van der Waals surface area contributed by atoms with E-state index in [9.17, 15) is 24.3 Å². The SMILES string of the molecule is C=C(C)C(=O)C(CCO)C(O)C(=O)OCCCOC(=O)c1ccccc1C(=O)O. The number of carbonyl (C=O) groups is 4. The number of hydrogen-bond acceptors (Lipinski definition) is 8.